The molecule has 0 radical (unpaired) electrons. The van der Waals surface area contributed by atoms with Crippen LogP contribution in [0.15, 0.2) is 55.1 Å². The molecule has 0 spiro atoms. The number of pyridine rings is 1. The Bertz CT molecular complexity index is 1170. The van der Waals surface area contributed by atoms with Crippen molar-refractivity contribution >= 4 is 22.6 Å². The molecule has 4 aromatic rings. The van der Waals surface area contributed by atoms with E-state index in [-0.39, 0.29) is 0 Å². The number of halogens is 2. The van der Waals surface area contributed by atoms with E-state index in [0.29, 0.717) is 27.3 Å². The van der Waals surface area contributed by atoms with E-state index >= 15 is 0 Å². The van der Waals surface area contributed by atoms with Gasteiger partial charge in [-0.25, -0.2) is 19.3 Å². The molecular formula is C25H27ClFN5O. The van der Waals surface area contributed by atoms with Crippen LogP contribution in [0.4, 0.5) is 4.39 Å². The van der Waals surface area contributed by atoms with Gasteiger partial charge in [-0.15, -0.1) is 0 Å². The molecule has 1 aromatic carbocycles. The van der Waals surface area contributed by atoms with Crippen LogP contribution in [0.1, 0.15) is 43.8 Å². The van der Waals surface area contributed by atoms with Crippen LogP contribution in [0.3, 0.4) is 0 Å². The van der Waals surface area contributed by atoms with Gasteiger partial charge in [0.2, 0.25) is 0 Å². The van der Waals surface area contributed by atoms with Gasteiger partial charge in [0.15, 0.2) is 5.65 Å². The fourth-order valence-corrected chi connectivity index (χ4v) is 3.61. The molecule has 1 saturated heterocycles. The summed E-state index contributed by atoms with van der Waals surface area (Å²) in [6.45, 7) is 3.88. The van der Waals surface area contributed by atoms with Crippen LogP contribution in [-0.4, -0.2) is 37.9 Å². The van der Waals surface area contributed by atoms with E-state index in [2.05, 4.69) is 20.1 Å². The molecule has 6 rings (SSSR count). The third kappa shape index (κ3) is 6.55. The minimum Gasteiger partial charge on any atom is -0.381 e. The van der Waals surface area contributed by atoms with Crippen molar-refractivity contribution in [1.29, 1.82) is 0 Å². The third-order valence-electron chi connectivity index (χ3n) is 5.35. The molecule has 0 amide bonds. The number of fused-ring (bicyclic) bond motifs is 1. The van der Waals surface area contributed by atoms with Crippen LogP contribution in [0.25, 0.3) is 22.3 Å². The van der Waals surface area contributed by atoms with E-state index in [4.69, 9.17) is 16.3 Å². The van der Waals surface area contributed by atoms with Crippen molar-refractivity contribution in [2.45, 2.75) is 45.1 Å². The minimum absolute atomic E-state index is 0.355. The van der Waals surface area contributed by atoms with Crippen molar-refractivity contribution in [2.24, 2.45) is 0 Å². The molecule has 1 saturated carbocycles. The SMILES string of the molecule is C1CCOCC1.Cc1ccc2c(-c3ccc(Cl)cc3F)ncnc2n1.c1cnn(C2CC2)c1. The Hall–Kier alpha value is -2.90. The van der Waals surface area contributed by atoms with Crippen molar-refractivity contribution in [2.75, 3.05) is 13.2 Å². The molecule has 33 heavy (non-hydrogen) atoms. The van der Waals surface area contributed by atoms with Gasteiger partial charge in [0, 0.05) is 47.3 Å². The van der Waals surface area contributed by atoms with Crippen molar-refractivity contribution in [3.8, 4) is 11.3 Å². The fraction of sp³-hybridized carbons (Fsp3) is 0.360. The van der Waals surface area contributed by atoms with E-state index in [1.54, 1.807) is 12.1 Å². The molecule has 3 aromatic heterocycles. The molecule has 0 N–H and O–H groups in total. The zero-order valence-corrected chi connectivity index (χ0v) is 19.4. The Morgan fingerprint density at radius 3 is 2.48 bits per heavy atom. The lowest BCUT2D eigenvalue weighted by Gasteiger charge is -2.08. The summed E-state index contributed by atoms with van der Waals surface area (Å²) >= 11 is 5.76. The van der Waals surface area contributed by atoms with Gasteiger partial charge in [0.05, 0.1) is 11.7 Å². The molecule has 4 heterocycles. The predicted molar refractivity (Wildman–Crippen MR) is 128 cm³/mol. The number of hydrogen-bond donors (Lipinski definition) is 0. The van der Waals surface area contributed by atoms with Crippen LogP contribution < -0.4 is 0 Å². The lowest BCUT2D eigenvalue weighted by molar-refractivity contribution is 0.0968. The van der Waals surface area contributed by atoms with Gasteiger partial charge in [-0.3, -0.25) is 4.68 Å². The first kappa shape index (κ1) is 23.3. The molecule has 0 bridgehead atoms. The van der Waals surface area contributed by atoms with Gasteiger partial charge in [-0.05, 0) is 75.4 Å². The highest BCUT2D eigenvalue weighted by Crippen LogP contribution is 2.33. The van der Waals surface area contributed by atoms with Gasteiger partial charge < -0.3 is 4.74 Å². The van der Waals surface area contributed by atoms with E-state index in [1.165, 1.54) is 44.5 Å². The molecular weight excluding hydrogens is 441 g/mol. The van der Waals surface area contributed by atoms with Crippen molar-refractivity contribution < 1.29 is 9.13 Å². The Morgan fingerprint density at radius 1 is 1.06 bits per heavy atom. The normalized spacial score (nSPS) is 15.2. The smallest absolute Gasteiger partial charge is 0.163 e. The average Bonchev–Trinajstić information content (AvgIpc) is 3.54. The van der Waals surface area contributed by atoms with E-state index in [0.717, 1.165) is 24.9 Å². The second-order valence-corrected chi connectivity index (χ2v) is 8.50. The van der Waals surface area contributed by atoms with Gasteiger partial charge in [-0.1, -0.05) is 11.6 Å². The number of nitrogens with zero attached hydrogens (tertiary/aromatic N) is 5. The summed E-state index contributed by atoms with van der Waals surface area (Å²) in [6, 6.07) is 10.9. The largest absolute Gasteiger partial charge is 0.381 e. The Morgan fingerprint density at radius 2 is 1.88 bits per heavy atom. The number of rotatable bonds is 2. The number of hydrogen-bond acceptors (Lipinski definition) is 5. The Labute approximate surface area is 197 Å². The zero-order valence-electron chi connectivity index (χ0n) is 18.6. The highest BCUT2D eigenvalue weighted by Gasteiger charge is 2.22. The number of ether oxygens (including phenoxy) is 1. The van der Waals surface area contributed by atoms with Crippen molar-refractivity contribution in [3.63, 3.8) is 0 Å². The zero-order chi connectivity index (χ0) is 23.0. The standard InChI is InChI=1S/C14H9ClFN3.C6H8N2.C5H10O/c1-8-2-4-11-13(17-7-18-14(11)19-8)10-5-3-9(15)6-12(10)16;1-4-7-8(5-1)6-2-3-6;1-2-4-6-5-3-1/h2-7H,1H3;1,4-6H,2-3H2;1-5H2. The first-order chi connectivity index (χ1) is 16.1. The maximum atomic E-state index is 14.0. The van der Waals surface area contributed by atoms with Crippen LogP contribution in [0, 0.1) is 12.7 Å². The molecule has 0 unspecified atom stereocenters. The van der Waals surface area contributed by atoms with Gasteiger partial charge in [-0.2, -0.15) is 5.10 Å². The predicted octanol–water partition coefficient (Wildman–Crippen LogP) is 6.20. The summed E-state index contributed by atoms with van der Waals surface area (Å²) in [6.07, 6.45) is 11.8. The van der Waals surface area contributed by atoms with Crippen LogP contribution in [-0.2, 0) is 4.74 Å². The molecule has 6 nitrogen and oxygen atoms in total. The molecule has 8 heteroatoms. The summed E-state index contributed by atoms with van der Waals surface area (Å²) < 4.78 is 21.1. The summed E-state index contributed by atoms with van der Waals surface area (Å²) in [5.41, 5.74) is 2.32. The van der Waals surface area contributed by atoms with E-state index in [9.17, 15) is 4.39 Å². The second kappa shape index (κ2) is 11.3. The lowest BCUT2D eigenvalue weighted by Crippen LogP contribution is -2.03. The molecule has 2 aliphatic rings. The fourth-order valence-electron chi connectivity index (χ4n) is 3.46. The second-order valence-electron chi connectivity index (χ2n) is 8.06. The minimum atomic E-state index is -0.409. The van der Waals surface area contributed by atoms with Crippen LogP contribution >= 0.6 is 11.6 Å². The summed E-state index contributed by atoms with van der Waals surface area (Å²) in [5.74, 6) is -0.409. The molecule has 1 aliphatic carbocycles. The first-order valence-electron chi connectivity index (χ1n) is 11.2. The topological polar surface area (TPSA) is 65.7 Å². The summed E-state index contributed by atoms with van der Waals surface area (Å²) in [4.78, 5) is 12.6. The van der Waals surface area contributed by atoms with Crippen LogP contribution in [0.2, 0.25) is 5.02 Å². The van der Waals surface area contributed by atoms with E-state index < -0.39 is 5.82 Å². The van der Waals surface area contributed by atoms with E-state index in [1.807, 2.05) is 42.2 Å². The molecule has 172 valence electrons. The Kier molecular flexibility index (Phi) is 7.96. The highest BCUT2D eigenvalue weighted by atomic mass is 35.5. The molecule has 2 fully saturated rings. The average molecular weight is 468 g/mol. The third-order valence-corrected chi connectivity index (χ3v) is 5.58. The van der Waals surface area contributed by atoms with Crippen molar-refractivity contribution in [3.05, 3.63) is 71.7 Å². The highest BCUT2D eigenvalue weighted by molar-refractivity contribution is 6.30. The quantitative estimate of drug-likeness (QED) is 0.351. The molecule has 0 atom stereocenters. The Balaban J connectivity index is 0.000000150. The first-order valence-corrected chi connectivity index (χ1v) is 11.6. The maximum Gasteiger partial charge on any atom is 0.163 e. The van der Waals surface area contributed by atoms with Gasteiger partial charge in [0.1, 0.15) is 12.1 Å². The number of benzene rings is 1. The summed E-state index contributed by atoms with van der Waals surface area (Å²) in [7, 11) is 0. The number of aryl methyl sites for hydroxylation is 1. The van der Waals surface area contributed by atoms with Crippen molar-refractivity contribution in [1.82, 2.24) is 24.7 Å². The lowest BCUT2D eigenvalue weighted by atomic mass is 10.1. The van der Waals surface area contributed by atoms with Gasteiger partial charge in [0.25, 0.3) is 0 Å². The molecule has 1 aliphatic heterocycles. The maximum absolute atomic E-state index is 14.0. The van der Waals surface area contributed by atoms with Crippen LogP contribution in [0.5, 0.6) is 0 Å². The van der Waals surface area contributed by atoms with Gasteiger partial charge >= 0.3 is 0 Å². The summed E-state index contributed by atoms with van der Waals surface area (Å²) in [5, 5.41) is 5.17. The number of aromatic nitrogens is 5. The monoisotopic (exact) mass is 467 g/mol.